The van der Waals surface area contributed by atoms with Crippen LogP contribution in [0.1, 0.15) is 17.7 Å². The van der Waals surface area contributed by atoms with Gasteiger partial charge in [-0.15, -0.1) is 6.58 Å². The second-order valence-corrected chi connectivity index (χ2v) is 8.17. The van der Waals surface area contributed by atoms with Gasteiger partial charge in [0.05, 0.1) is 6.54 Å². The van der Waals surface area contributed by atoms with Crippen LogP contribution in [0.2, 0.25) is 0 Å². The van der Waals surface area contributed by atoms with Crippen molar-refractivity contribution in [3.8, 4) is 11.1 Å². The third-order valence-electron chi connectivity index (χ3n) is 6.06. The van der Waals surface area contributed by atoms with Gasteiger partial charge in [-0.1, -0.05) is 84.9 Å². The molecule has 0 amide bonds. The lowest BCUT2D eigenvalue weighted by atomic mass is 9.92. The van der Waals surface area contributed by atoms with Crippen LogP contribution < -0.4 is 5.56 Å². The third-order valence-corrected chi connectivity index (χ3v) is 6.06. The number of fused-ring (bicyclic) bond motifs is 2. The zero-order valence-corrected chi connectivity index (χ0v) is 18.0. The van der Waals surface area contributed by atoms with Gasteiger partial charge in [-0.25, -0.2) is 0 Å². The Morgan fingerprint density at radius 1 is 0.750 bits per heavy atom. The molecule has 32 heavy (non-hydrogen) atoms. The van der Waals surface area contributed by atoms with Crippen molar-refractivity contribution in [3.63, 3.8) is 0 Å². The molecule has 2 nitrogen and oxygen atoms in total. The smallest absolute Gasteiger partial charge is 0.251 e. The molecule has 1 heterocycles. The summed E-state index contributed by atoms with van der Waals surface area (Å²) in [5.74, 6) is 0. The highest BCUT2D eigenvalue weighted by molar-refractivity contribution is 6.12. The van der Waals surface area contributed by atoms with Crippen molar-refractivity contribution in [1.29, 1.82) is 0 Å². The number of hydrogen-bond donors (Lipinski definition) is 0. The number of nitrogens with zero attached hydrogens (tertiary/aromatic N) is 1. The van der Waals surface area contributed by atoms with E-state index in [1.807, 2.05) is 28.8 Å². The van der Waals surface area contributed by atoms with Gasteiger partial charge in [-0.3, -0.25) is 4.79 Å². The number of aryl methyl sites for hydroxylation is 1. The second-order valence-electron chi connectivity index (χ2n) is 8.17. The molecule has 1 aromatic heterocycles. The normalized spacial score (nSPS) is 11.1. The van der Waals surface area contributed by atoms with E-state index < -0.39 is 0 Å². The molecule has 0 saturated carbocycles. The van der Waals surface area contributed by atoms with Gasteiger partial charge in [-0.2, -0.15) is 0 Å². The van der Waals surface area contributed by atoms with E-state index >= 15 is 0 Å². The first-order chi connectivity index (χ1) is 15.7. The molecule has 0 saturated heterocycles. The molecule has 2 heteroatoms. The lowest BCUT2D eigenvalue weighted by Crippen LogP contribution is -2.23. The van der Waals surface area contributed by atoms with Gasteiger partial charge in [0.15, 0.2) is 0 Å². The van der Waals surface area contributed by atoms with Crippen LogP contribution in [0.25, 0.3) is 32.7 Å². The maximum Gasteiger partial charge on any atom is 0.251 e. The minimum Gasteiger partial charge on any atom is -0.308 e. The summed E-state index contributed by atoms with van der Waals surface area (Å²) in [6.45, 7) is 4.46. The molecule has 0 aliphatic rings. The number of aromatic nitrogens is 1. The summed E-state index contributed by atoms with van der Waals surface area (Å²) in [7, 11) is 0. The number of allylic oxidation sites excluding steroid dienone is 1. The van der Waals surface area contributed by atoms with Gasteiger partial charge >= 0.3 is 0 Å². The Hall–Kier alpha value is -3.91. The van der Waals surface area contributed by atoms with Gasteiger partial charge in [0.25, 0.3) is 5.56 Å². The number of rotatable bonds is 6. The first-order valence-electron chi connectivity index (χ1n) is 11.0. The Balaban J connectivity index is 1.75. The second kappa shape index (κ2) is 8.68. The zero-order chi connectivity index (χ0) is 21.9. The van der Waals surface area contributed by atoms with Crippen molar-refractivity contribution in [3.05, 3.63) is 131 Å². The highest BCUT2D eigenvalue weighted by Crippen LogP contribution is 2.36. The SMILES string of the molecule is C=CCCc1cc(-c2c3ccccc3cc3ccccc23)cc(=O)n1Cc1ccccc1. The fraction of sp³-hybridized carbons (Fsp3) is 0.100. The van der Waals surface area contributed by atoms with Crippen LogP contribution >= 0.6 is 0 Å². The van der Waals surface area contributed by atoms with E-state index in [1.165, 1.54) is 21.5 Å². The molecule has 5 rings (SSSR count). The lowest BCUT2D eigenvalue weighted by Gasteiger charge is -2.17. The molecule has 5 aromatic rings. The first-order valence-corrected chi connectivity index (χ1v) is 11.0. The highest BCUT2D eigenvalue weighted by atomic mass is 16.1. The van der Waals surface area contributed by atoms with E-state index in [-0.39, 0.29) is 5.56 Å². The summed E-state index contributed by atoms with van der Waals surface area (Å²) in [6.07, 6.45) is 3.52. The highest BCUT2D eigenvalue weighted by Gasteiger charge is 2.14. The Labute approximate surface area is 188 Å². The van der Waals surface area contributed by atoms with Crippen LogP contribution in [0.3, 0.4) is 0 Å². The maximum atomic E-state index is 13.4. The molecule has 156 valence electrons. The summed E-state index contributed by atoms with van der Waals surface area (Å²) in [5, 5.41) is 4.70. The summed E-state index contributed by atoms with van der Waals surface area (Å²) < 4.78 is 1.90. The monoisotopic (exact) mass is 415 g/mol. The molecule has 0 spiro atoms. The van der Waals surface area contributed by atoms with Gasteiger partial charge in [0.2, 0.25) is 0 Å². The molecule has 0 radical (unpaired) electrons. The average molecular weight is 416 g/mol. The number of pyridine rings is 1. The molecular weight excluding hydrogens is 390 g/mol. The number of hydrogen-bond acceptors (Lipinski definition) is 1. The predicted octanol–water partition coefficient (Wildman–Crippen LogP) is 6.99. The molecule has 0 aliphatic carbocycles. The van der Waals surface area contributed by atoms with Gasteiger partial charge in [0, 0.05) is 11.8 Å². The molecule has 0 bridgehead atoms. The van der Waals surface area contributed by atoms with Crippen molar-refractivity contribution in [2.75, 3.05) is 0 Å². The van der Waals surface area contributed by atoms with E-state index in [0.717, 1.165) is 35.2 Å². The van der Waals surface area contributed by atoms with Gasteiger partial charge in [0.1, 0.15) is 0 Å². The van der Waals surface area contributed by atoms with Crippen molar-refractivity contribution in [2.45, 2.75) is 19.4 Å². The molecule has 0 atom stereocenters. The Bertz CT molecular complexity index is 1420. The third kappa shape index (κ3) is 3.76. The molecule has 0 N–H and O–H groups in total. The predicted molar refractivity (Wildman–Crippen MR) is 135 cm³/mol. The van der Waals surface area contributed by atoms with Crippen LogP contribution in [0.4, 0.5) is 0 Å². The maximum absolute atomic E-state index is 13.4. The molecule has 0 aliphatic heterocycles. The van der Waals surface area contributed by atoms with Crippen LogP contribution in [0.5, 0.6) is 0 Å². The van der Waals surface area contributed by atoms with E-state index in [4.69, 9.17) is 0 Å². The van der Waals surface area contributed by atoms with E-state index in [9.17, 15) is 4.79 Å². The summed E-state index contributed by atoms with van der Waals surface area (Å²) >= 11 is 0. The minimum atomic E-state index is 0.0300. The van der Waals surface area contributed by atoms with Crippen LogP contribution in [0.15, 0.2) is 115 Å². The van der Waals surface area contributed by atoms with Crippen LogP contribution in [-0.4, -0.2) is 4.57 Å². The minimum absolute atomic E-state index is 0.0300. The summed E-state index contributed by atoms with van der Waals surface area (Å²) in [4.78, 5) is 13.4. The van der Waals surface area contributed by atoms with E-state index in [2.05, 4.69) is 79.4 Å². The van der Waals surface area contributed by atoms with Gasteiger partial charge < -0.3 is 4.57 Å². The fourth-order valence-electron chi connectivity index (χ4n) is 4.52. The molecular formula is C30H25NO. The van der Waals surface area contributed by atoms with Crippen molar-refractivity contribution in [2.24, 2.45) is 0 Å². The quantitative estimate of drug-likeness (QED) is 0.216. The molecule has 0 fully saturated rings. The topological polar surface area (TPSA) is 22.0 Å². The average Bonchev–Trinajstić information content (AvgIpc) is 2.83. The Morgan fingerprint density at radius 3 is 2.03 bits per heavy atom. The molecule has 4 aromatic carbocycles. The zero-order valence-electron chi connectivity index (χ0n) is 18.0. The standard InChI is InChI=1S/C30H25NO/c1-2-3-15-26-19-25(20-29(32)31(26)21-22-11-5-4-6-12-22)30-27-16-9-7-13-23(27)18-24-14-8-10-17-28(24)30/h2,4-14,16-20H,1,3,15,21H2. The summed E-state index contributed by atoms with van der Waals surface area (Å²) in [5.41, 5.74) is 4.29. The van der Waals surface area contributed by atoms with Crippen LogP contribution in [0, 0.1) is 0 Å². The van der Waals surface area contributed by atoms with Crippen molar-refractivity contribution in [1.82, 2.24) is 4.57 Å². The molecule has 0 unspecified atom stereocenters. The van der Waals surface area contributed by atoms with Crippen molar-refractivity contribution < 1.29 is 0 Å². The summed E-state index contributed by atoms with van der Waals surface area (Å²) in [6, 6.07) is 33.2. The van der Waals surface area contributed by atoms with E-state index in [0.29, 0.717) is 6.54 Å². The van der Waals surface area contributed by atoms with Crippen LogP contribution in [-0.2, 0) is 13.0 Å². The first kappa shape index (κ1) is 20.0. The van der Waals surface area contributed by atoms with E-state index in [1.54, 1.807) is 6.07 Å². The van der Waals surface area contributed by atoms with Crippen molar-refractivity contribution >= 4 is 21.5 Å². The van der Waals surface area contributed by atoms with Gasteiger partial charge in [-0.05, 0) is 63.2 Å². The largest absolute Gasteiger partial charge is 0.308 e. The fourth-order valence-corrected chi connectivity index (χ4v) is 4.52. The number of benzene rings is 4. The Kier molecular flexibility index (Phi) is 5.43. The Morgan fingerprint density at radius 2 is 1.38 bits per heavy atom. The lowest BCUT2D eigenvalue weighted by molar-refractivity contribution is 0.697.